The first-order chi connectivity index (χ1) is 9.84. The number of benzene rings is 1. The van der Waals surface area contributed by atoms with E-state index in [1.807, 2.05) is 30.3 Å². The lowest BCUT2D eigenvalue weighted by Crippen LogP contribution is -2.36. The fourth-order valence-electron chi connectivity index (χ4n) is 1.81. The van der Waals surface area contributed by atoms with E-state index < -0.39 is 0 Å². The van der Waals surface area contributed by atoms with Crippen molar-refractivity contribution in [3.05, 3.63) is 30.3 Å². The molecule has 2 N–H and O–H groups in total. The zero-order chi connectivity index (χ0) is 14.0. The number of nitrogens with one attached hydrogen (secondary N) is 2. The van der Waals surface area contributed by atoms with Crippen molar-refractivity contribution in [1.29, 1.82) is 0 Å². The van der Waals surface area contributed by atoms with Crippen molar-refractivity contribution in [2.24, 2.45) is 0 Å². The number of carbonyl (C=O) groups is 1. The van der Waals surface area contributed by atoms with E-state index in [0.29, 0.717) is 6.54 Å². The number of morpholine rings is 1. The van der Waals surface area contributed by atoms with Crippen LogP contribution in [0.3, 0.4) is 0 Å². The lowest BCUT2D eigenvalue weighted by molar-refractivity contribution is 0.0443. The molecule has 1 aromatic rings. The number of carbonyl (C=O) groups excluding carboxylic acids is 1. The molecule has 0 atom stereocenters. The highest BCUT2D eigenvalue weighted by atomic mass is 16.5. The minimum Gasteiger partial charge on any atom is -0.379 e. The molecule has 1 heterocycles. The molecule has 5 heteroatoms. The summed E-state index contributed by atoms with van der Waals surface area (Å²) in [7, 11) is 0. The zero-order valence-electron chi connectivity index (χ0n) is 11.4. The van der Waals surface area contributed by atoms with Crippen LogP contribution in [0, 0.1) is 11.8 Å². The van der Waals surface area contributed by atoms with Gasteiger partial charge in [0.25, 0.3) is 0 Å². The van der Waals surface area contributed by atoms with E-state index >= 15 is 0 Å². The maximum Gasteiger partial charge on any atom is 0.319 e. The lowest BCUT2D eigenvalue weighted by atomic mass is 10.3. The van der Waals surface area contributed by atoms with E-state index in [1.165, 1.54) is 0 Å². The van der Waals surface area contributed by atoms with Crippen LogP contribution in [0.4, 0.5) is 10.5 Å². The van der Waals surface area contributed by atoms with E-state index in [1.54, 1.807) is 0 Å². The predicted molar refractivity (Wildman–Crippen MR) is 78.5 cm³/mol. The Morgan fingerprint density at radius 2 is 1.95 bits per heavy atom. The Kier molecular flexibility index (Phi) is 5.90. The smallest absolute Gasteiger partial charge is 0.319 e. The first-order valence-corrected chi connectivity index (χ1v) is 6.70. The highest BCUT2D eigenvalue weighted by Crippen LogP contribution is 2.03. The summed E-state index contributed by atoms with van der Waals surface area (Å²) < 4.78 is 5.26. The van der Waals surface area contributed by atoms with Crippen molar-refractivity contribution in [2.45, 2.75) is 0 Å². The van der Waals surface area contributed by atoms with Crippen molar-refractivity contribution in [3.63, 3.8) is 0 Å². The molecule has 0 spiro atoms. The minimum absolute atomic E-state index is 0.239. The van der Waals surface area contributed by atoms with Crippen LogP contribution >= 0.6 is 0 Å². The summed E-state index contributed by atoms with van der Waals surface area (Å²) >= 11 is 0. The molecule has 1 saturated heterocycles. The SMILES string of the molecule is O=C(NCC#CCN1CCOCC1)Nc1ccccc1. The number of anilines is 1. The molecule has 5 nitrogen and oxygen atoms in total. The van der Waals surface area contributed by atoms with E-state index in [9.17, 15) is 4.79 Å². The van der Waals surface area contributed by atoms with Crippen molar-refractivity contribution in [1.82, 2.24) is 10.2 Å². The molecule has 1 aromatic carbocycles. The monoisotopic (exact) mass is 273 g/mol. The summed E-state index contributed by atoms with van der Waals surface area (Å²) in [6, 6.07) is 9.08. The molecule has 106 valence electrons. The number of hydrogen-bond acceptors (Lipinski definition) is 3. The van der Waals surface area contributed by atoms with Gasteiger partial charge in [0, 0.05) is 18.8 Å². The largest absolute Gasteiger partial charge is 0.379 e. The van der Waals surface area contributed by atoms with Gasteiger partial charge in [-0.25, -0.2) is 4.79 Å². The molecule has 0 aromatic heterocycles. The average molecular weight is 273 g/mol. The number of hydrogen-bond donors (Lipinski definition) is 2. The minimum atomic E-state index is -0.239. The summed E-state index contributed by atoms with van der Waals surface area (Å²) in [6.45, 7) is 4.49. The third-order valence-corrected chi connectivity index (χ3v) is 2.90. The zero-order valence-corrected chi connectivity index (χ0v) is 11.4. The molecule has 0 radical (unpaired) electrons. The molecule has 0 unspecified atom stereocenters. The Bertz CT molecular complexity index is 473. The van der Waals surface area contributed by atoms with E-state index in [0.717, 1.165) is 38.5 Å². The molecule has 1 aliphatic rings. The van der Waals surface area contributed by atoms with Crippen LogP contribution in [0.15, 0.2) is 30.3 Å². The number of nitrogens with zero attached hydrogens (tertiary/aromatic N) is 1. The number of urea groups is 1. The predicted octanol–water partition coefficient (Wildman–Crippen LogP) is 1.14. The number of para-hydroxylation sites is 1. The molecule has 0 bridgehead atoms. The highest BCUT2D eigenvalue weighted by molar-refractivity contribution is 5.89. The first kappa shape index (κ1) is 14.4. The second-order valence-electron chi connectivity index (χ2n) is 4.42. The van der Waals surface area contributed by atoms with Gasteiger partial charge in [0.15, 0.2) is 0 Å². The van der Waals surface area contributed by atoms with E-state index in [2.05, 4.69) is 27.4 Å². The first-order valence-electron chi connectivity index (χ1n) is 6.70. The van der Waals surface area contributed by atoms with E-state index in [-0.39, 0.29) is 6.03 Å². The standard InChI is InChI=1S/C15H19N3O2/c19-15(17-14-6-2-1-3-7-14)16-8-4-5-9-18-10-12-20-13-11-18/h1-3,6-7H,8-13H2,(H2,16,17,19). The van der Waals surface area contributed by atoms with Crippen molar-refractivity contribution in [3.8, 4) is 11.8 Å². The van der Waals surface area contributed by atoms with Crippen LogP contribution in [0.2, 0.25) is 0 Å². The van der Waals surface area contributed by atoms with Gasteiger partial charge in [0.1, 0.15) is 0 Å². The summed E-state index contributed by atoms with van der Waals surface area (Å²) in [5, 5.41) is 5.44. The molecule has 2 rings (SSSR count). The van der Waals surface area contributed by atoms with Crippen molar-refractivity contribution < 1.29 is 9.53 Å². The van der Waals surface area contributed by atoms with Crippen LogP contribution in [0.5, 0.6) is 0 Å². The summed E-state index contributed by atoms with van der Waals surface area (Å²) in [4.78, 5) is 13.8. The van der Waals surface area contributed by atoms with Crippen LogP contribution in [-0.4, -0.2) is 50.3 Å². The normalized spacial score (nSPS) is 15.0. The Morgan fingerprint density at radius 3 is 2.70 bits per heavy atom. The summed E-state index contributed by atoms with van der Waals surface area (Å²) in [5.74, 6) is 6.00. The number of rotatable bonds is 3. The number of ether oxygens (including phenoxy) is 1. The maximum atomic E-state index is 11.6. The van der Waals surface area contributed by atoms with Gasteiger partial charge in [-0.2, -0.15) is 0 Å². The quantitative estimate of drug-likeness (QED) is 0.812. The topological polar surface area (TPSA) is 53.6 Å². The Labute approximate surface area is 119 Å². The molecule has 2 amide bonds. The summed E-state index contributed by atoms with van der Waals surface area (Å²) in [6.07, 6.45) is 0. The van der Waals surface area contributed by atoms with Crippen LogP contribution in [0.25, 0.3) is 0 Å². The van der Waals surface area contributed by atoms with Crippen LogP contribution in [-0.2, 0) is 4.74 Å². The lowest BCUT2D eigenvalue weighted by Gasteiger charge is -2.24. The third kappa shape index (κ3) is 5.31. The van der Waals surface area contributed by atoms with Gasteiger partial charge in [-0.05, 0) is 12.1 Å². The van der Waals surface area contributed by atoms with Gasteiger partial charge in [-0.3, -0.25) is 4.90 Å². The fraction of sp³-hybridized carbons (Fsp3) is 0.400. The molecule has 20 heavy (non-hydrogen) atoms. The molecule has 0 aliphatic carbocycles. The molecular weight excluding hydrogens is 254 g/mol. The molecule has 1 aliphatic heterocycles. The van der Waals surface area contributed by atoms with E-state index in [4.69, 9.17) is 4.74 Å². The van der Waals surface area contributed by atoms with Gasteiger partial charge in [0.2, 0.25) is 0 Å². The van der Waals surface area contributed by atoms with Crippen LogP contribution in [0.1, 0.15) is 0 Å². The van der Waals surface area contributed by atoms with Crippen molar-refractivity contribution >= 4 is 11.7 Å². The highest BCUT2D eigenvalue weighted by Gasteiger charge is 2.07. The molecular formula is C15H19N3O2. The van der Waals surface area contributed by atoms with Gasteiger partial charge in [-0.15, -0.1) is 0 Å². The fourth-order valence-corrected chi connectivity index (χ4v) is 1.81. The summed E-state index contributed by atoms with van der Waals surface area (Å²) in [5.41, 5.74) is 0.770. The maximum absolute atomic E-state index is 11.6. The molecule has 1 fully saturated rings. The third-order valence-electron chi connectivity index (χ3n) is 2.90. The van der Waals surface area contributed by atoms with Gasteiger partial charge in [0.05, 0.1) is 26.3 Å². The van der Waals surface area contributed by atoms with Gasteiger partial charge < -0.3 is 15.4 Å². The van der Waals surface area contributed by atoms with Gasteiger partial charge in [-0.1, -0.05) is 30.0 Å². The second-order valence-corrected chi connectivity index (χ2v) is 4.42. The number of amides is 2. The Balaban J connectivity index is 1.62. The van der Waals surface area contributed by atoms with Crippen LogP contribution < -0.4 is 10.6 Å². The van der Waals surface area contributed by atoms with Crippen molar-refractivity contribution in [2.75, 3.05) is 44.7 Å². The molecule has 0 saturated carbocycles. The van der Waals surface area contributed by atoms with Gasteiger partial charge >= 0.3 is 6.03 Å². The Hall–Kier alpha value is -2.03. The Morgan fingerprint density at radius 1 is 1.20 bits per heavy atom. The average Bonchev–Trinajstić information content (AvgIpc) is 2.49. The second kappa shape index (κ2) is 8.20.